The molecular weight excluding hydrogens is 390 g/mol. The van der Waals surface area contributed by atoms with E-state index in [4.69, 9.17) is 4.74 Å². The van der Waals surface area contributed by atoms with E-state index in [1.807, 2.05) is 50.2 Å². The number of benzene rings is 1. The van der Waals surface area contributed by atoms with E-state index in [1.54, 1.807) is 20.8 Å². The molecule has 29 heavy (non-hydrogen) atoms. The molecule has 7 nitrogen and oxygen atoms in total. The third-order valence-corrected chi connectivity index (χ3v) is 4.62. The van der Waals surface area contributed by atoms with Crippen molar-refractivity contribution in [3.05, 3.63) is 29.8 Å². The lowest BCUT2D eigenvalue weighted by atomic mass is 10.2. The molecule has 1 aromatic carbocycles. The molecule has 0 saturated heterocycles. The van der Waals surface area contributed by atoms with Crippen LogP contribution in [0.25, 0.3) is 0 Å². The van der Waals surface area contributed by atoms with Gasteiger partial charge in [-0.1, -0.05) is 17.7 Å². The van der Waals surface area contributed by atoms with Gasteiger partial charge in [-0.15, -0.1) is 11.8 Å². The van der Waals surface area contributed by atoms with Crippen molar-refractivity contribution < 1.29 is 19.1 Å². The minimum absolute atomic E-state index is 0.0972. The quantitative estimate of drug-likeness (QED) is 0.582. The van der Waals surface area contributed by atoms with Crippen LogP contribution in [-0.4, -0.2) is 78.4 Å². The number of hydrogen-bond donors (Lipinski definition) is 1. The first kappa shape index (κ1) is 25.0. The van der Waals surface area contributed by atoms with Gasteiger partial charge in [-0.3, -0.25) is 14.4 Å². The van der Waals surface area contributed by atoms with E-state index in [9.17, 15) is 14.4 Å². The molecule has 0 aliphatic heterocycles. The molecule has 0 radical (unpaired) electrons. The van der Waals surface area contributed by atoms with E-state index in [1.165, 1.54) is 16.7 Å². The van der Waals surface area contributed by atoms with Crippen molar-refractivity contribution in [1.29, 1.82) is 0 Å². The first-order valence-corrected chi connectivity index (χ1v) is 10.7. The molecule has 0 aliphatic rings. The Kier molecular flexibility index (Phi) is 10.2. The molecule has 0 aliphatic carbocycles. The molecule has 0 heterocycles. The van der Waals surface area contributed by atoms with Gasteiger partial charge >= 0.3 is 5.97 Å². The summed E-state index contributed by atoms with van der Waals surface area (Å²) in [4.78, 5) is 40.2. The topological polar surface area (TPSA) is 79.0 Å². The molecule has 0 fully saturated rings. The van der Waals surface area contributed by atoms with Crippen molar-refractivity contribution in [3.63, 3.8) is 0 Å². The van der Waals surface area contributed by atoms with Gasteiger partial charge < -0.3 is 19.9 Å². The third kappa shape index (κ3) is 11.5. The van der Waals surface area contributed by atoms with Crippen LogP contribution in [0.5, 0.6) is 0 Å². The second-order valence-corrected chi connectivity index (χ2v) is 9.10. The Labute approximate surface area is 178 Å². The zero-order chi connectivity index (χ0) is 22.0. The highest BCUT2D eigenvalue weighted by molar-refractivity contribution is 8.00. The molecule has 2 amide bonds. The van der Waals surface area contributed by atoms with Crippen LogP contribution < -0.4 is 5.32 Å². The third-order valence-electron chi connectivity index (χ3n) is 3.70. The van der Waals surface area contributed by atoms with Crippen molar-refractivity contribution in [2.45, 2.75) is 33.3 Å². The molecule has 1 aromatic rings. The first-order valence-electron chi connectivity index (χ1n) is 9.55. The average Bonchev–Trinajstić information content (AvgIpc) is 2.58. The fraction of sp³-hybridized carbons (Fsp3) is 0.571. The number of thioether (sulfide) groups is 1. The van der Waals surface area contributed by atoms with E-state index >= 15 is 0 Å². The number of carbonyl (C=O) groups excluding carboxylic acids is 3. The number of carbonyl (C=O) groups is 3. The van der Waals surface area contributed by atoms with Crippen LogP contribution in [0.15, 0.2) is 24.3 Å². The van der Waals surface area contributed by atoms with Crippen LogP contribution in [0.3, 0.4) is 0 Å². The summed E-state index contributed by atoms with van der Waals surface area (Å²) in [6, 6.07) is 7.52. The summed E-state index contributed by atoms with van der Waals surface area (Å²) in [5.41, 5.74) is 1.24. The second kappa shape index (κ2) is 11.8. The van der Waals surface area contributed by atoms with E-state index in [2.05, 4.69) is 5.32 Å². The van der Waals surface area contributed by atoms with Crippen molar-refractivity contribution >= 4 is 35.2 Å². The van der Waals surface area contributed by atoms with Crippen LogP contribution in [0, 0.1) is 6.92 Å². The van der Waals surface area contributed by atoms with Crippen LogP contribution >= 0.6 is 11.8 Å². The van der Waals surface area contributed by atoms with Crippen molar-refractivity contribution in [2.24, 2.45) is 0 Å². The normalized spacial score (nSPS) is 11.3. The van der Waals surface area contributed by atoms with Gasteiger partial charge in [-0.2, -0.15) is 0 Å². The molecule has 0 aromatic heterocycles. The average molecular weight is 424 g/mol. The molecular formula is C21H33N3O4S. The second-order valence-electron chi connectivity index (χ2n) is 8.11. The molecule has 8 heteroatoms. The zero-order valence-electron chi connectivity index (χ0n) is 18.3. The van der Waals surface area contributed by atoms with Gasteiger partial charge in [0.05, 0.1) is 11.5 Å². The lowest BCUT2D eigenvalue weighted by molar-refractivity contribution is -0.158. The lowest BCUT2D eigenvalue weighted by Gasteiger charge is -2.26. The van der Waals surface area contributed by atoms with Gasteiger partial charge in [0.15, 0.2) is 0 Å². The summed E-state index contributed by atoms with van der Waals surface area (Å²) in [7, 11) is 3.81. The van der Waals surface area contributed by atoms with Crippen molar-refractivity contribution in [3.8, 4) is 0 Å². The number of aryl methyl sites for hydroxylation is 1. The van der Waals surface area contributed by atoms with Gasteiger partial charge in [0.2, 0.25) is 11.8 Å². The Morgan fingerprint density at radius 3 is 2.21 bits per heavy atom. The van der Waals surface area contributed by atoms with Gasteiger partial charge in [0.25, 0.3) is 0 Å². The molecule has 0 saturated carbocycles. The Bertz CT molecular complexity index is 684. The number of rotatable bonds is 10. The number of anilines is 1. The highest BCUT2D eigenvalue weighted by Crippen LogP contribution is 2.11. The van der Waals surface area contributed by atoms with Crippen LogP contribution in [-0.2, 0) is 19.1 Å². The van der Waals surface area contributed by atoms with Crippen molar-refractivity contribution in [2.75, 3.05) is 50.6 Å². The van der Waals surface area contributed by atoms with Crippen molar-refractivity contribution in [1.82, 2.24) is 9.80 Å². The van der Waals surface area contributed by atoms with E-state index in [0.29, 0.717) is 13.1 Å². The van der Waals surface area contributed by atoms with E-state index in [0.717, 1.165) is 11.3 Å². The zero-order valence-corrected chi connectivity index (χ0v) is 19.1. The highest BCUT2D eigenvalue weighted by atomic mass is 32.2. The maximum absolute atomic E-state index is 12.6. The minimum Gasteiger partial charge on any atom is -0.459 e. The van der Waals surface area contributed by atoms with Crippen LogP contribution in [0.2, 0.25) is 0 Å². The first-order chi connectivity index (χ1) is 13.5. The summed E-state index contributed by atoms with van der Waals surface area (Å²) in [6.45, 7) is 8.30. The van der Waals surface area contributed by atoms with Crippen LogP contribution in [0.1, 0.15) is 26.3 Å². The number of esters is 1. The predicted molar refractivity (Wildman–Crippen MR) is 118 cm³/mol. The van der Waals surface area contributed by atoms with Gasteiger partial charge in [0, 0.05) is 18.8 Å². The summed E-state index contributed by atoms with van der Waals surface area (Å²) in [5, 5.41) is 2.80. The molecule has 0 unspecified atom stereocenters. The number of ether oxygens (including phenoxy) is 1. The maximum Gasteiger partial charge on any atom is 0.326 e. The summed E-state index contributed by atoms with van der Waals surface area (Å²) in [5.74, 6) is -0.512. The number of nitrogens with one attached hydrogen (secondary N) is 1. The molecule has 0 bridgehead atoms. The number of nitrogens with zero attached hydrogens (tertiary/aromatic N) is 2. The Morgan fingerprint density at radius 1 is 1.03 bits per heavy atom. The molecule has 1 rings (SSSR count). The molecule has 1 N–H and O–H groups in total. The Hall–Kier alpha value is -2.06. The standard InChI is InChI=1S/C21H33N3O4S/c1-16-7-9-17(10-8-16)22-18(25)14-29-15-19(26)24(12-11-23(5)6)13-20(27)28-21(2,3)4/h7-10H,11-15H2,1-6H3,(H,22,25). The van der Waals surface area contributed by atoms with Gasteiger partial charge in [-0.05, 0) is 53.9 Å². The molecule has 162 valence electrons. The number of hydrogen-bond acceptors (Lipinski definition) is 6. The number of amides is 2. The highest BCUT2D eigenvalue weighted by Gasteiger charge is 2.22. The molecule has 0 spiro atoms. The van der Waals surface area contributed by atoms with E-state index < -0.39 is 11.6 Å². The van der Waals surface area contributed by atoms with Crippen LogP contribution in [0.4, 0.5) is 5.69 Å². The largest absolute Gasteiger partial charge is 0.459 e. The minimum atomic E-state index is -0.601. The SMILES string of the molecule is Cc1ccc(NC(=O)CSCC(=O)N(CCN(C)C)CC(=O)OC(C)(C)C)cc1. The summed E-state index contributed by atoms with van der Waals surface area (Å²) in [6.07, 6.45) is 0. The summed E-state index contributed by atoms with van der Waals surface area (Å²) >= 11 is 1.23. The smallest absolute Gasteiger partial charge is 0.326 e. The van der Waals surface area contributed by atoms with Gasteiger partial charge in [0.1, 0.15) is 12.1 Å². The monoisotopic (exact) mass is 423 g/mol. The molecule has 0 atom stereocenters. The summed E-state index contributed by atoms with van der Waals surface area (Å²) < 4.78 is 5.33. The Balaban J connectivity index is 2.51. The maximum atomic E-state index is 12.6. The number of likely N-dealkylation sites (N-methyl/N-ethyl adjacent to an activating group) is 1. The fourth-order valence-corrected chi connectivity index (χ4v) is 3.02. The lowest BCUT2D eigenvalue weighted by Crippen LogP contribution is -2.42. The Morgan fingerprint density at radius 2 is 1.66 bits per heavy atom. The van der Waals surface area contributed by atoms with E-state index in [-0.39, 0.29) is 29.9 Å². The van der Waals surface area contributed by atoms with Gasteiger partial charge in [-0.25, -0.2) is 0 Å². The fourth-order valence-electron chi connectivity index (χ4n) is 2.30. The predicted octanol–water partition coefficient (Wildman–Crippen LogP) is 2.40.